The molecule has 0 amide bonds. The first-order valence-corrected chi connectivity index (χ1v) is 10.7. The van der Waals surface area contributed by atoms with Gasteiger partial charge in [-0.15, -0.1) is 0 Å². The first-order valence-electron chi connectivity index (χ1n) is 8.06. The van der Waals surface area contributed by atoms with Crippen LogP contribution in [0.4, 0.5) is 5.95 Å². The monoisotopic (exact) mass is 522 g/mol. The van der Waals surface area contributed by atoms with Crippen molar-refractivity contribution in [3.05, 3.63) is 38.3 Å². The van der Waals surface area contributed by atoms with Crippen LogP contribution in [-0.2, 0) is 13.8 Å². The number of nitrogen functional groups attached to an aromatic ring is 1. The van der Waals surface area contributed by atoms with Crippen LogP contribution in [0.15, 0.2) is 23.4 Å². The molecule has 4 heterocycles. The van der Waals surface area contributed by atoms with Gasteiger partial charge in [0.25, 0.3) is 5.56 Å². The van der Waals surface area contributed by atoms with E-state index in [1.165, 1.54) is 17.0 Å². The Bertz CT molecular complexity index is 1160. The highest BCUT2D eigenvalue weighted by atomic mass is 127. The van der Waals surface area contributed by atoms with Gasteiger partial charge in [-0.05, 0) is 29.5 Å². The average molecular weight is 522 g/mol. The zero-order valence-corrected chi connectivity index (χ0v) is 17.4. The van der Waals surface area contributed by atoms with Crippen molar-refractivity contribution < 1.29 is 23.8 Å². The molecule has 0 spiro atoms. The van der Waals surface area contributed by atoms with Crippen LogP contribution >= 0.6 is 30.3 Å². The Morgan fingerprint density at radius 1 is 1.54 bits per heavy atom. The fourth-order valence-corrected chi connectivity index (χ4v) is 5.17. The number of nitrogens with two attached hydrogens (primary N) is 1. The number of halogens is 1. The summed E-state index contributed by atoms with van der Waals surface area (Å²) in [5, 5.41) is 11.0. The van der Waals surface area contributed by atoms with Crippen LogP contribution in [0.1, 0.15) is 12.1 Å². The number of H-pyrrole nitrogens is 1. The first kappa shape index (κ1) is 19.5. The zero-order valence-electron chi connectivity index (χ0n) is 14.4. The number of fused-ring (bicyclic) bond motifs is 1. The minimum absolute atomic E-state index is 0.0796. The van der Waals surface area contributed by atoms with Crippen LogP contribution in [0.25, 0.3) is 11.0 Å². The number of hydrogen-bond donors (Lipinski definition) is 4. The van der Waals surface area contributed by atoms with Crippen molar-refractivity contribution in [2.75, 3.05) is 12.3 Å². The van der Waals surface area contributed by atoms with Crippen molar-refractivity contribution in [2.45, 2.75) is 25.4 Å². The molecule has 28 heavy (non-hydrogen) atoms. The molecule has 4 rings (SSSR count). The summed E-state index contributed by atoms with van der Waals surface area (Å²) in [6.45, 7) is 1.41. The minimum atomic E-state index is -4.29. The molecule has 3 aromatic heterocycles. The van der Waals surface area contributed by atoms with E-state index in [1.54, 1.807) is 13.1 Å². The molecule has 0 radical (unpaired) electrons. The van der Waals surface area contributed by atoms with Crippen LogP contribution in [-0.4, -0.2) is 52.7 Å². The van der Waals surface area contributed by atoms with E-state index in [2.05, 4.69) is 15.0 Å². The number of aliphatic hydroxyl groups is 1. The number of aryl methyl sites for hydroxylation is 1. The molecular weight excluding hydrogens is 506 g/mol. The lowest BCUT2D eigenvalue weighted by Crippen LogP contribution is -2.30. The molecule has 1 fully saturated rings. The predicted molar refractivity (Wildman–Crippen MR) is 106 cm³/mol. The van der Waals surface area contributed by atoms with Gasteiger partial charge in [-0.3, -0.25) is 14.3 Å². The number of nitrogens with one attached hydrogen (secondary N) is 1. The maximum absolute atomic E-state index is 12.6. The molecule has 12 nitrogen and oxygen atoms in total. The zero-order chi connectivity index (χ0) is 20.2. The fourth-order valence-electron chi connectivity index (χ4n) is 3.10. The Balaban J connectivity index is 1.65. The summed E-state index contributed by atoms with van der Waals surface area (Å²) in [5.41, 5.74) is 5.44. The van der Waals surface area contributed by atoms with Gasteiger partial charge in [-0.25, -0.2) is 13.9 Å². The second-order valence-corrected chi connectivity index (χ2v) is 8.99. The van der Waals surface area contributed by atoms with Crippen molar-refractivity contribution in [1.82, 2.24) is 23.9 Å². The van der Waals surface area contributed by atoms with Crippen LogP contribution in [0, 0.1) is 10.5 Å². The maximum Gasteiger partial charge on any atom is 0.438 e. The summed E-state index contributed by atoms with van der Waals surface area (Å²) in [6.07, 6.45) is 0.912. The standard InChI is InChI=1S/C14H16IN6O6P/c1-6-17-2-3-21(6)28(24,25)27-8-5-26-13(10(8)22)20-4-7(15)9-11(20)18-14(16)19-12(9)23/h2-4,8,10,13,22H,5H2,1H3,(H,24,25)(H3,16,18,19,23)/t8-,10+,13+/m0/s1. The van der Waals surface area contributed by atoms with Gasteiger partial charge < -0.3 is 25.0 Å². The summed E-state index contributed by atoms with van der Waals surface area (Å²) < 4.78 is 26.5. The number of aromatic nitrogens is 5. The van der Waals surface area contributed by atoms with E-state index in [1.807, 2.05) is 22.6 Å². The van der Waals surface area contributed by atoms with Crippen molar-refractivity contribution >= 4 is 47.3 Å². The highest BCUT2D eigenvalue weighted by Crippen LogP contribution is 2.48. The Hall–Kier alpha value is -1.77. The van der Waals surface area contributed by atoms with Crippen molar-refractivity contribution in [1.29, 1.82) is 0 Å². The number of imidazole rings is 1. The molecule has 14 heteroatoms. The number of anilines is 1. The third-order valence-corrected chi connectivity index (χ3v) is 6.71. The summed E-state index contributed by atoms with van der Waals surface area (Å²) in [5.74, 6) is 0.213. The highest BCUT2D eigenvalue weighted by molar-refractivity contribution is 14.1. The predicted octanol–water partition coefficient (Wildman–Crippen LogP) is 0.340. The largest absolute Gasteiger partial charge is 0.438 e. The normalized spacial score (nSPS) is 24.6. The summed E-state index contributed by atoms with van der Waals surface area (Å²) in [7, 11) is -4.29. The second kappa shape index (κ2) is 6.93. The molecule has 1 saturated heterocycles. The van der Waals surface area contributed by atoms with Gasteiger partial charge in [0.05, 0.1) is 12.0 Å². The van der Waals surface area contributed by atoms with E-state index < -0.39 is 31.7 Å². The molecule has 0 aromatic carbocycles. The van der Waals surface area contributed by atoms with E-state index in [-0.39, 0.29) is 18.2 Å². The van der Waals surface area contributed by atoms with Crippen LogP contribution < -0.4 is 11.3 Å². The van der Waals surface area contributed by atoms with Gasteiger partial charge in [0, 0.05) is 22.2 Å². The highest BCUT2D eigenvalue weighted by Gasteiger charge is 2.43. The average Bonchev–Trinajstić information content (AvgIpc) is 3.27. The number of aliphatic hydroxyl groups excluding tert-OH is 1. The smallest absolute Gasteiger partial charge is 0.386 e. The molecule has 0 aliphatic carbocycles. The van der Waals surface area contributed by atoms with Gasteiger partial charge in [-0.2, -0.15) is 4.98 Å². The lowest BCUT2D eigenvalue weighted by atomic mass is 10.2. The first-order chi connectivity index (χ1) is 13.2. The number of ether oxygens (including phenoxy) is 1. The molecule has 3 aromatic rings. The number of aromatic amines is 1. The van der Waals surface area contributed by atoms with Gasteiger partial charge in [0.1, 0.15) is 18.0 Å². The van der Waals surface area contributed by atoms with E-state index >= 15 is 0 Å². The topological polar surface area (TPSA) is 171 Å². The molecule has 1 aliphatic heterocycles. The fraction of sp³-hybridized carbons (Fsp3) is 0.357. The maximum atomic E-state index is 12.6. The number of rotatable bonds is 4. The Labute approximate surface area is 171 Å². The van der Waals surface area contributed by atoms with Crippen molar-refractivity contribution in [3.63, 3.8) is 0 Å². The molecule has 4 atom stereocenters. The number of hydrogen-bond acceptors (Lipinski definition) is 8. The lowest BCUT2D eigenvalue weighted by molar-refractivity contribution is -0.0145. The van der Waals surface area contributed by atoms with Gasteiger partial charge in [0.15, 0.2) is 11.9 Å². The quantitative estimate of drug-likeness (QED) is 0.279. The van der Waals surface area contributed by atoms with Crippen molar-refractivity contribution in [3.8, 4) is 0 Å². The summed E-state index contributed by atoms with van der Waals surface area (Å²) in [6, 6.07) is 0. The van der Waals surface area contributed by atoms with E-state index in [4.69, 9.17) is 15.0 Å². The second-order valence-electron chi connectivity index (χ2n) is 6.20. The number of nitrogens with zero attached hydrogens (tertiary/aromatic N) is 4. The Morgan fingerprint density at radius 2 is 2.29 bits per heavy atom. The Morgan fingerprint density at radius 3 is 2.96 bits per heavy atom. The van der Waals surface area contributed by atoms with E-state index in [9.17, 15) is 19.4 Å². The molecular formula is C14H16IN6O6P. The van der Waals surface area contributed by atoms with Gasteiger partial charge in [-0.1, -0.05) is 0 Å². The third-order valence-electron chi connectivity index (χ3n) is 4.38. The van der Waals surface area contributed by atoms with Crippen LogP contribution in [0.3, 0.4) is 0 Å². The summed E-state index contributed by atoms with van der Waals surface area (Å²) >= 11 is 1.96. The van der Waals surface area contributed by atoms with Crippen LogP contribution in [0.2, 0.25) is 0 Å². The molecule has 150 valence electrons. The molecule has 0 saturated carbocycles. The third kappa shape index (κ3) is 3.17. The molecule has 1 unspecified atom stereocenters. The SMILES string of the molecule is Cc1nccn1P(=O)(O)O[C@H]1CO[C@@H](n2cc(I)c3c(=O)[nH]c(N)nc32)[C@@H]1O. The molecule has 5 N–H and O–H groups in total. The van der Waals surface area contributed by atoms with Crippen LogP contribution in [0.5, 0.6) is 0 Å². The van der Waals surface area contributed by atoms with E-state index in [0.29, 0.717) is 14.8 Å². The summed E-state index contributed by atoms with van der Waals surface area (Å²) in [4.78, 5) is 32.8. The lowest BCUT2D eigenvalue weighted by Gasteiger charge is -2.22. The van der Waals surface area contributed by atoms with Crippen molar-refractivity contribution in [2.24, 2.45) is 0 Å². The molecule has 0 bridgehead atoms. The van der Waals surface area contributed by atoms with Gasteiger partial charge in [0.2, 0.25) is 5.95 Å². The molecule has 1 aliphatic rings. The van der Waals surface area contributed by atoms with Gasteiger partial charge >= 0.3 is 7.75 Å². The van der Waals surface area contributed by atoms with E-state index in [0.717, 1.165) is 4.34 Å². The Kier molecular flexibility index (Phi) is 4.84. The minimum Gasteiger partial charge on any atom is -0.386 e.